The molecular formula is C13H18BrNO. The molecule has 0 amide bonds. The highest BCUT2D eigenvalue weighted by atomic mass is 79.9. The van der Waals surface area contributed by atoms with E-state index in [4.69, 9.17) is 4.74 Å². The summed E-state index contributed by atoms with van der Waals surface area (Å²) in [5, 5.41) is 3.62. The quantitative estimate of drug-likeness (QED) is 0.916. The van der Waals surface area contributed by atoms with Crippen molar-refractivity contribution in [1.82, 2.24) is 5.32 Å². The fraction of sp³-hybridized carbons (Fsp3) is 0.538. The molecule has 88 valence electrons. The molecule has 2 nitrogen and oxygen atoms in total. The zero-order chi connectivity index (χ0) is 11.5. The molecule has 1 atom stereocenters. The van der Waals surface area contributed by atoms with Crippen LogP contribution >= 0.6 is 15.9 Å². The molecule has 0 heterocycles. The normalized spacial score (nSPS) is 26.2. The van der Waals surface area contributed by atoms with Crippen LogP contribution < -0.4 is 5.32 Å². The van der Waals surface area contributed by atoms with Gasteiger partial charge in [-0.3, -0.25) is 0 Å². The summed E-state index contributed by atoms with van der Waals surface area (Å²) in [5.74, 6) is 0. The summed E-state index contributed by atoms with van der Waals surface area (Å²) in [6.07, 6.45) is 2.73. The van der Waals surface area contributed by atoms with Crippen LogP contribution in [0.5, 0.6) is 0 Å². The number of halogens is 1. The molecular weight excluding hydrogens is 266 g/mol. The van der Waals surface area contributed by atoms with Gasteiger partial charge in [0.15, 0.2) is 0 Å². The maximum Gasteiger partial charge on any atom is 0.0601 e. The van der Waals surface area contributed by atoms with Crippen LogP contribution in [0.15, 0.2) is 28.7 Å². The smallest absolute Gasteiger partial charge is 0.0601 e. The maximum absolute atomic E-state index is 5.28. The van der Waals surface area contributed by atoms with Crippen molar-refractivity contribution in [3.63, 3.8) is 0 Å². The first-order valence-electron chi connectivity index (χ1n) is 5.73. The van der Waals surface area contributed by atoms with E-state index >= 15 is 0 Å². The van der Waals surface area contributed by atoms with Crippen molar-refractivity contribution >= 4 is 15.9 Å². The summed E-state index contributed by atoms with van der Waals surface area (Å²) in [6.45, 7) is 2.21. The van der Waals surface area contributed by atoms with Gasteiger partial charge in [0.05, 0.1) is 6.10 Å². The third-order valence-electron chi connectivity index (χ3n) is 3.26. The van der Waals surface area contributed by atoms with Crippen molar-refractivity contribution in [3.8, 4) is 0 Å². The molecule has 1 N–H and O–H groups in total. The molecule has 0 unspecified atom stereocenters. The molecule has 2 rings (SSSR count). The third kappa shape index (κ3) is 2.84. The van der Waals surface area contributed by atoms with Crippen molar-refractivity contribution < 1.29 is 4.74 Å². The Bertz CT molecular complexity index is 350. The zero-order valence-corrected chi connectivity index (χ0v) is 11.3. The molecule has 0 spiro atoms. The number of nitrogens with one attached hydrogen (secondary N) is 1. The van der Waals surface area contributed by atoms with E-state index < -0.39 is 0 Å². The maximum atomic E-state index is 5.28. The number of benzene rings is 1. The van der Waals surface area contributed by atoms with Gasteiger partial charge < -0.3 is 10.1 Å². The molecule has 0 saturated heterocycles. The van der Waals surface area contributed by atoms with Gasteiger partial charge in [-0.2, -0.15) is 0 Å². The molecule has 1 saturated carbocycles. The number of hydrogen-bond acceptors (Lipinski definition) is 2. The van der Waals surface area contributed by atoms with Gasteiger partial charge in [-0.25, -0.2) is 0 Å². The molecule has 16 heavy (non-hydrogen) atoms. The van der Waals surface area contributed by atoms with Gasteiger partial charge in [-0.15, -0.1) is 0 Å². The lowest BCUT2D eigenvalue weighted by atomic mass is 9.88. The highest BCUT2D eigenvalue weighted by Crippen LogP contribution is 2.26. The molecule has 3 heteroatoms. The van der Waals surface area contributed by atoms with Gasteiger partial charge in [0.2, 0.25) is 0 Å². The molecule has 0 aromatic heterocycles. The van der Waals surface area contributed by atoms with Crippen LogP contribution in [-0.2, 0) is 4.74 Å². The SMILES string of the molecule is COC1CC(N[C@@H](C)c2cccc(Br)c2)C1. The summed E-state index contributed by atoms with van der Waals surface area (Å²) in [4.78, 5) is 0. The second kappa shape index (κ2) is 5.30. The number of ether oxygens (including phenoxy) is 1. The summed E-state index contributed by atoms with van der Waals surface area (Å²) in [5.41, 5.74) is 1.33. The second-order valence-electron chi connectivity index (χ2n) is 4.47. The van der Waals surface area contributed by atoms with Gasteiger partial charge in [0.25, 0.3) is 0 Å². The topological polar surface area (TPSA) is 21.3 Å². The van der Waals surface area contributed by atoms with Crippen LogP contribution in [0, 0.1) is 0 Å². The Labute approximate surface area is 106 Å². The summed E-state index contributed by atoms with van der Waals surface area (Å²) < 4.78 is 6.42. The van der Waals surface area contributed by atoms with Crippen LogP contribution in [0.4, 0.5) is 0 Å². The van der Waals surface area contributed by atoms with Crippen molar-refractivity contribution in [3.05, 3.63) is 34.3 Å². The van der Waals surface area contributed by atoms with E-state index in [1.165, 1.54) is 5.56 Å². The fourth-order valence-corrected chi connectivity index (χ4v) is 2.54. The first-order chi connectivity index (χ1) is 7.69. The van der Waals surface area contributed by atoms with Crippen LogP contribution in [0.3, 0.4) is 0 Å². The highest BCUT2D eigenvalue weighted by Gasteiger charge is 2.29. The van der Waals surface area contributed by atoms with Gasteiger partial charge in [0, 0.05) is 23.7 Å². The Kier molecular flexibility index (Phi) is 4.00. The molecule has 0 bridgehead atoms. The van der Waals surface area contributed by atoms with Crippen molar-refractivity contribution in [2.24, 2.45) is 0 Å². The van der Waals surface area contributed by atoms with E-state index in [0.717, 1.165) is 17.3 Å². The highest BCUT2D eigenvalue weighted by molar-refractivity contribution is 9.10. The average Bonchev–Trinajstić information content (AvgIpc) is 2.22. The number of hydrogen-bond donors (Lipinski definition) is 1. The minimum absolute atomic E-state index is 0.403. The van der Waals surface area contributed by atoms with Crippen LogP contribution in [0.25, 0.3) is 0 Å². The summed E-state index contributed by atoms with van der Waals surface area (Å²) in [6, 6.07) is 9.48. The first kappa shape index (κ1) is 12.1. The minimum Gasteiger partial charge on any atom is -0.381 e. The molecule has 0 radical (unpaired) electrons. The van der Waals surface area contributed by atoms with Gasteiger partial charge >= 0.3 is 0 Å². The van der Waals surface area contributed by atoms with E-state index in [1.54, 1.807) is 7.11 Å². The van der Waals surface area contributed by atoms with E-state index in [9.17, 15) is 0 Å². The van der Waals surface area contributed by atoms with Crippen LogP contribution in [0.2, 0.25) is 0 Å². The fourth-order valence-electron chi connectivity index (χ4n) is 2.12. The Hall–Kier alpha value is -0.380. The Morgan fingerprint density at radius 2 is 2.19 bits per heavy atom. The lowest BCUT2D eigenvalue weighted by Gasteiger charge is -2.36. The zero-order valence-electron chi connectivity index (χ0n) is 9.74. The molecule has 1 aromatic rings. The largest absolute Gasteiger partial charge is 0.381 e. The predicted molar refractivity (Wildman–Crippen MR) is 69.5 cm³/mol. The second-order valence-corrected chi connectivity index (χ2v) is 5.39. The van der Waals surface area contributed by atoms with Crippen molar-refractivity contribution in [2.45, 2.75) is 38.0 Å². The average molecular weight is 284 g/mol. The number of rotatable bonds is 4. The van der Waals surface area contributed by atoms with E-state index in [2.05, 4.69) is 52.4 Å². The molecule has 1 aliphatic rings. The van der Waals surface area contributed by atoms with Gasteiger partial charge in [-0.1, -0.05) is 28.1 Å². The first-order valence-corrected chi connectivity index (χ1v) is 6.52. The van der Waals surface area contributed by atoms with E-state index in [0.29, 0.717) is 18.2 Å². The van der Waals surface area contributed by atoms with Crippen LogP contribution in [-0.4, -0.2) is 19.3 Å². The van der Waals surface area contributed by atoms with E-state index in [-0.39, 0.29) is 0 Å². The molecule has 1 aromatic carbocycles. The molecule has 1 fully saturated rings. The Balaban J connectivity index is 1.87. The summed E-state index contributed by atoms with van der Waals surface area (Å²) >= 11 is 3.50. The van der Waals surface area contributed by atoms with Crippen molar-refractivity contribution in [2.75, 3.05) is 7.11 Å². The monoisotopic (exact) mass is 283 g/mol. The van der Waals surface area contributed by atoms with Gasteiger partial charge in [-0.05, 0) is 37.5 Å². The van der Waals surface area contributed by atoms with E-state index in [1.807, 2.05) is 0 Å². The van der Waals surface area contributed by atoms with Crippen LogP contribution in [0.1, 0.15) is 31.4 Å². The van der Waals surface area contributed by atoms with Gasteiger partial charge in [0.1, 0.15) is 0 Å². The Morgan fingerprint density at radius 1 is 1.44 bits per heavy atom. The summed E-state index contributed by atoms with van der Waals surface area (Å²) in [7, 11) is 1.79. The molecule has 1 aliphatic carbocycles. The lowest BCUT2D eigenvalue weighted by Crippen LogP contribution is -2.45. The minimum atomic E-state index is 0.403. The lowest BCUT2D eigenvalue weighted by molar-refractivity contribution is 0.0147. The number of methoxy groups -OCH3 is 1. The molecule has 0 aliphatic heterocycles. The standard InChI is InChI=1S/C13H18BrNO/c1-9(10-4-3-5-11(14)6-10)15-12-7-13(8-12)16-2/h3-6,9,12-13,15H,7-8H2,1-2H3/t9-,12?,13?/m0/s1. The van der Waals surface area contributed by atoms with Crippen molar-refractivity contribution in [1.29, 1.82) is 0 Å². The predicted octanol–water partition coefficient (Wildman–Crippen LogP) is 3.28. The third-order valence-corrected chi connectivity index (χ3v) is 3.76. The Morgan fingerprint density at radius 3 is 2.81 bits per heavy atom.